The zero-order valence-corrected chi connectivity index (χ0v) is 28.2. The average Bonchev–Trinajstić information content (AvgIpc) is 3.06. The third-order valence-corrected chi connectivity index (χ3v) is 7.56. The highest BCUT2D eigenvalue weighted by Gasteiger charge is 2.96. The Morgan fingerprint density at radius 1 is 0.643 bits per heavy atom. The first-order valence-electron chi connectivity index (χ1n) is 14.5. The molecule has 4 amide bonds. The van der Waals surface area contributed by atoms with Crippen LogP contribution in [0.1, 0.15) is 18.9 Å². The summed E-state index contributed by atoms with van der Waals surface area (Å²) in [7, 11) is 0. The van der Waals surface area contributed by atoms with Gasteiger partial charge in [-0.15, -0.1) is 0 Å². The number of halogens is 17. The van der Waals surface area contributed by atoms with Crippen molar-refractivity contribution in [1.82, 2.24) is 16.0 Å². The number of amides is 4. The molecule has 0 spiro atoms. The fraction of sp³-hybridized carbons (Fsp3) is 0.593. The van der Waals surface area contributed by atoms with E-state index in [1.165, 1.54) is 35.6 Å². The standard InChI is InChI=1S/C27H26F17N5O6S/c1-10(47-18(53)12(45)9-56)17(52)49-14(19(54)48-13(16(46)51)7-11-5-3-2-4-6-11)8-15(50)55-27(43,44)25(38,39)23(34,35)21(30,31)20(28,29)22(32,33)24(36,37)26(40,41)42/h2-6,10,12-14,56H,7-9,45H2,1H3,(H2,46,51)(H,47,53)(H,48,54)(H,49,52)/t10-,12-,13-,14-/m0/s1. The van der Waals surface area contributed by atoms with Crippen molar-refractivity contribution in [2.24, 2.45) is 11.5 Å². The van der Waals surface area contributed by atoms with Gasteiger partial charge in [0.1, 0.15) is 18.1 Å². The van der Waals surface area contributed by atoms with E-state index in [1.54, 1.807) is 5.32 Å². The number of ether oxygens (including phenoxy) is 1. The van der Waals surface area contributed by atoms with Gasteiger partial charge < -0.3 is 32.2 Å². The summed E-state index contributed by atoms with van der Waals surface area (Å²) in [4.78, 5) is 61.9. The molecule has 0 aliphatic rings. The predicted octanol–water partition coefficient (Wildman–Crippen LogP) is 3.35. The molecule has 0 heterocycles. The molecule has 1 aromatic carbocycles. The number of nitrogens with one attached hydrogen (secondary N) is 3. The van der Waals surface area contributed by atoms with Crippen molar-refractivity contribution in [3.63, 3.8) is 0 Å². The predicted molar refractivity (Wildman–Crippen MR) is 154 cm³/mol. The molecule has 0 aliphatic heterocycles. The van der Waals surface area contributed by atoms with Gasteiger partial charge in [-0.2, -0.15) is 87.3 Å². The fourth-order valence-corrected chi connectivity index (χ4v) is 4.05. The summed E-state index contributed by atoms with van der Waals surface area (Å²) in [6.07, 6.45) is -18.4. The van der Waals surface area contributed by atoms with Gasteiger partial charge in [0, 0.05) is 12.2 Å². The largest absolute Gasteiger partial charge is 0.473 e. The van der Waals surface area contributed by atoms with Crippen LogP contribution in [0.4, 0.5) is 74.6 Å². The van der Waals surface area contributed by atoms with Crippen molar-refractivity contribution < 1.29 is 103 Å². The van der Waals surface area contributed by atoms with E-state index in [-0.39, 0.29) is 11.3 Å². The molecule has 7 N–H and O–H groups in total. The van der Waals surface area contributed by atoms with Crippen LogP contribution in [0.25, 0.3) is 0 Å². The zero-order valence-electron chi connectivity index (χ0n) is 27.3. The number of nitrogens with two attached hydrogens (primary N) is 2. The van der Waals surface area contributed by atoms with Crippen molar-refractivity contribution in [2.45, 2.75) is 91.8 Å². The smallest absolute Gasteiger partial charge is 0.396 e. The highest BCUT2D eigenvalue weighted by molar-refractivity contribution is 7.80. The number of alkyl halides is 17. The number of rotatable bonds is 19. The molecule has 0 radical (unpaired) electrons. The molecular formula is C27H26F17N5O6S. The second-order valence-electron chi connectivity index (χ2n) is 11.4. The maximum absolute atomic E-state index is 14.4. The van der Waals surface area contributed by atoms with Crippen molar-refractivity contribution in [3.8, 4) is 0 Å². The van der Waals surface area contributed by atoms with Crippen molar-refractivity contribution in [1.29, 1.82) is 0 Å². The summed E-state index contributed by atoms with van der Waals surface area (Å²) in [5.74, 6) is -61.7. The average molecular weight is 872 g/mol. The Balaban J connectivity index is 3.56. The van der Waals surface area contributed by atoms with E-state index in [1.807, 2.05) is 5.32 Å². The Bertz CT molecular complexity index is 1600. The third-order valence-electron chi connectivity index (χ3n) is 7.17. The number of hydrogen-bond acceptors (Lipinski definition) is 8. The summed E-state index contributed by atoms with van der Waals surface area (Å²) >= 11 is 3.70. The number of carbonyl (C=O) groups is 5. The molecule has 0 bridgehead atoms. The van der Waals surface area contributed by atoms with Crippen LogP contribution in [0.5, 0.6) is 0 Å². The van der Waals surface area contributed by atoms with E-state index in [2.05, 4.69) is 17.4 Å². The van der Waals surface area contributed by atoms with Crippen LogP contribution < -0.4 is 27.4 Å². The topological polar surface area (TPSA) is 183 Å². The van der Waals surface area contributed by atoms with Crippen LogP contribution >= 0.6 is 12.6 Å². The summed E-state index contributed by atoms with van der Waals surface area (Å²) in [6.45, 7) is 0.828. The van der Waals surface area contributed by atoms with Crippen LogP contribution in [0, 0.1) is 0 Å². The Morgan fingerprint density at radius 3 is 1.50 bits per heavy atom. The second kappa shape index (κ2) is 17.0. The number of esters is 1. The Morgan fingerprint density at radius 2 is 1.07 bits per heavy atom. The van der Waals surface area contributed by atoms with Gasteiger partial charge in [-0.05, 0) is 12.5 Å². The molecule has 0 fully saturated rings. The molecule has 0 unspecified atom stereocenters. The Kier molecular flexibility index (Phi) is 15.1. The van der Waals surface area contributed by atoms with E-state index in [0.29, 0.717) is 0 Å². The molecule has 0 aliphatic carbocycles. The second-order valence-corrected chi connectivity index (χ2v) is 11.7. The van der Waals surface area contributed by atoms with Crippen LogP contribution in [-0.2, 0) is 35.1 Å². The summed E-state index contributed by atoms with van der Waals surface area (Å²) in [5.41, 5.74) is 10.8. The molecule has 1 aromatic rings. The van der Waals surface area contributed by atoms with Gasteiger partial charge >= 0.3 is 53.8 Å². The lowest BCUT2D eigenvalue weighted by atomic mass is 9.90. The van der Waals surface area contributed by atoms with Gasteiger partial charge in [0.2, 0.25) is 23.6 Å². The molecule has 1 rings (SSSR count). The van der Waals surface area contributed by atoms with E-state index in [0.717, 1.165) is 6.92 Å². The van der Waals surface area contributed by atoms with E-state index in [9.17, 15) is 98.6 Å². The van der Waals surface area contributed by atoms with Gasteiger partial charge in [-0.25, -0.2) is 0 Å². The quantitative estimate of drug-likeness (QED) is 0.0701. The normalized spacial score (nSPS) is 15.9. The first-order valence-corrected chi connectivity index (χ1v) is 15.2. The molecule has 0 saturated heterocycles. The Hall–Kier alpha value is -4.31. The molecule has 56 heavy (non-hydrogen) atoms. The van der Waals surface area contributed by atoms with Crippen LogP contribution in [0.3, 0.4) is 0 Å². The number of thiol groups is 1. The lowest BCUT2D eigenvalue weighted by Gasteiger charge is -2.42. The first kappa shape index (κ1) is 49.7. The SMILES string of the molecule is C[C@H](NC(=O)[C@@H](N)CS)C(=O)N[C@@H](CC(=O)OC(F)(F)C(F)(F)C(F)(F)C(F)(F)C(F)(F)C(F)(F)C(F)(F)C(F)(F)F)C(=O)N[C@@H](Cc1ccccc1)C(N)=O. The maximum Gasteiger partial charge on any atom is 0.473 e. The minimum Gasteiger partial charge on any atom is -0.396 e. The van der Waals surface area contributed by atoms with Gasteiger partial charge in [-0.1, -0.05) is 30.3 Å². The summed E-state index contributed by atoms with van der Waals surface area (Å²) in [5, 5.41) is 5.21. The van der Waals surface area contributed by atoms with Gasteiger partial charge in [0.15, 0.2) is 0 Å². The van der Waals surface area contributed by atoms with E-state index >= 15 is 0 Å². The molecular weight excluding hydrogens is 845 g/mol. The zero-order chi connectivity index (χ0) is 44.3. The van der Waals surface area contributed by atoms with Crippen LogP contribution in [0.15, 0.2) is 30.3 Å². The molecule has 320 valence electrons. The van der Waals surface area contributed by atoms with Crippen molar-refractivity contribution in [3.05, 3.63) is 35.9 Å². The molecule has 29 heteroatoms. The number of carbonyl (C=O) groups excluding carboxylic acids is 5. The summed E-state index contributed by atoms with van der Waals surface area (Å²) in [6, 6.07) is -0.895. The minimum absolute atomic E-state index is 0.235. The number of primary amides is 1. The maximum atomic E-state index is 14.4. The third kappa shape index (κ3) is 9.79. The first-order chi connectivity index (χ1) is 25.0. The minimum atomic E-state index is -8.97. The van der Waals surface area contributed by atoms with Gasteiger partial charge in [0.05, 0.1) is 12.5 Å². The molecule has 0 aromatic heterocycles. The number of hydrogen-bond donors (Lipinski definition) is 6. The monoisotopic (exact) mass is 871 g/mol. The fourth-order valence-electron chi connectivity index (χ4n) is 3.88. The highest BCUT2D eigenvalue weighted by atomic mass is 32.1. The lowest BCUT2D eigenvalue weighted by molar-refractivity contribution is -0.474. The molecule has 11 nitrogen and oxygen atoms in total. The van der Waals surface area contributed by atoms with Gasteiger partial charge in [0.25, 0.3) is 0 Å². The Labute approximate surface area is 306 Å². The van der Waals surface area contributed by atoms with Gasteiger partial charge in [-0.3, -0.25) is 24.0 Å². The van der Waals surface area contributed by atoms with Crippen LogP contribution in [-0.4, -0.2) is 107 Å². The van der Waals surface area contributed by atoms with Crippen molar-refractivity contribution >= 4 is 42.2 Å². The van der Waals surface area contributed by atoms with E-state index < -0.39 is 114 Å². The molecule has 4 atom stereocenters. The highest BCUT2D eigenvalue weighted by Crippen LogP contribution is 2.64. The van der Waals surface area contributed by atoms with E-state index in [4.69, 9.17) is 11.5 Å². The summed E-state index contributed by atoms with van der Waals surface area (Å²) < 4.78 is 234. The molecule has 0 saturated carbocycles. The van der Waals surface area contributed by atoms with Crippen LogP contribution in [0.2, 0.25) is 0 Å². The van der Waals surface area contributed by atoms with Crippen molar-refractivity contribution in [2.75, 3.05) is 5.75 Å². The lowest BCUT2D eigenvalue weighted by Crippen LogP contribution is -2.74. The number of benzene rings is 1.